The normalized spacial score (nSPS) is 20.3. The van der Waals surface area contributed by atoms with Crippen LogP contribution in [-0.4, -0.2) is 24.4 Å². The van der Waals surface area contributed by atoms with Crippen molar-refractivity contribution in [1.29, 1.82) is 0 Å². The van der Waals surface area contributed by atoms with Crippen LogP contribution in [0.4, 0.5) is 5.69 Å². The van der Waals surface area contributed by atoms with Gasteiger partial charge in [0.1, 0.15) is 0 Å². The Labute approximate surface area is 164 Å². The van der Waals surface area contributed by atoms with Crippen molar-refractivity contribution in [3.05, 3.63) is 63.1 Å². The first-order valence-electron chi connectivity index (χ1n) is 9.09. The van der Waals surface area contributed by atoms with E-state index in [0.29, 0.717) is 10.0 Å². The molecule has 2 aliphatic rings. The van der Waals surface area contributed by atoms with Gasteiger partial charge in [0, 0.05) is 40.7 Å². The predicted octanol–water partition coefficient (Wildman–Crippen LogP) is 5.31. The average Bonchev–Trinajstić information content (AvgIpc) is 2.54. The molecule has 1 fully saturated rings. The first kappa shape index (κ1) is 17.8. The van der Waals surface area contributed by atoms with Crippen molar-refractivity contribution in [2.75, 3.05) is 18.9 Å². The summed E-state index contributed by atoms with van der Waals surface area (Å²) in [5.74, 6) is 0.420. The van der Waals surface area contributed by atoms with Crippen molar-refractivity contribution in [2.45, 2.75) is 31.7 Å². The maximum Gasteiger partial charge on any atom is 0.227 e. The molecule has 26 heavy (non-hydrogen) atoms. The monoisotopic (exact) mass is 388 g/mol. The van der Waals surface area contributed by atoms with Crippen molar-refractivity contribution in [1.82, 2.24) is 4.90 Å². The second-order valence-corrected chi connectivity index (χ2v) is 8.25. The summed E-state index contributed by atoms with van der Waals surface area (Å²) in [5, 5.41) is 4.52. The topological polar surface area (TPSA) is 32.3 Å². The van der Waals surface area contributed by atoms with Gasteiger partial charge in [-0.1, -0.05) is 47.8 Å². The van der Waals surface area contributed by atoms with Crippen LogP contribution in [0.15, 0.2) is 36.4 Å². The Morgan fingerprint density at radius 3 is 2.65 bits per heavy atom. The second-order valence-electron chi connectivity index (χ2n) is 7.41. The molecular weight excluding hydrogens is 367 g/mol. The van der Waals surface area contributed by atoms with Gasteiger partial charge >= 0.3 is 0 Å². The molecule has 1 aliphatic carbocycles. The molecule has 1 aliphatic heterocycles. The number of carbonyl (C=O) groups excluding carboxylic acids is 1. The molecule has 0 radical (unpaired) electrons. The number of halogens is 2. The highest BCUT2D eigenvalue weighted by atomic mass is 35.5. The maximum atomic E-state index is 12.5. The van der Waals surface area contributed by atoms with Crippen LogP contribution in [0.25, 0.3) is 0 Å². The summed E-state index contributed by atoms with van der Waals surface area (Å²) in [6, 6.07) is 11.9. The van der Waals surface area contributed by atoms with Gasteiger partial charge < -0.3 is 10.2 Å². The van der Waals surface area contributed by atoms with E-state index in [4.69, 9.17) is 23.2 Å². The number of hydrogen-bond acceptors (Lipinski definition) is 2. The largest absolute Gasteiger partial charge is 0.326 e. The van der Waals surface area contributed by atoms with Gasteiger partial charge in [-0.3, -0.25) is 4.79 Å². The van der Waals surface area contributed by atoms with Crippen LogP contribution in [0.3, 0.4) is 0 Å². The summed E-state index contributed by atoms with van der Waals surface area (Å²) in [7, 11) is 2.09. The molecule has 1 unspecified atom stereocenters. The lowest BCUT2D eigenvalue weighted by atomic mass is 9.83. The molecule has 2 aromatic carbocycles. The quantitative estimate of drug-likeness (QED) is 0.772. The molecule has 1 heterocycles. The van der Waals surface area contributed by atoms with Crippen molar-refractivity contribution in [3.63, 3.8) is 0 Å². The minimum Gasteiger partial charge on any atom is -0.326 e. The molecule has 0 aromatic heterocycles. The number of rotatable bonds is 3. The molecule has 2 aromatic rings. The Morgan fingerprint density at radius 1 is 1.15 bits per heavy atom. The number of fused-ring (bicyclic) bond motifs is 1. The molecule has 0 saturated heterocycles. The number of likely N-dealkylation sites (N-methyl/N-ethyl adjacent to an activating group) is 1. The molecule has 1 amide bonds. The first-order chi connectivity index (χ1) is 12.5. The third-order valence-electron chi connectivity index (χ3n) is 5.56. The van der Waals surface area contributed by atoms with Crippen molar-refractivity contribution in [2.24, 2.45) is 5.92 Å². The molecular formula is C21H22Cl2N2O. The van der Waals surface area contributed by atoms with E-state index in [1.54, 1.807) is 0 Å². The number of nitrogens with zero attached hydrogens (tertiary/aromatic N) is 1. The van der Waals surface area contributed by atoms with Crippen LogP contribution in [0, 0.1) is 5.92 Å². The predicted molar refractivity (Wildman–Crippen MR) is 107 cm³/mol. The Morgan fingerprint density at radius 2 is 1.92 bits per heavy atom. The van der Waals surface area contributed by atoms with Crippen molar-refractivity contribution in [3.8, 4) is 0 Å². The summed E-state index contributed by atoms with van der Waals surface area (Å²) < 4.78 is 0. The number of anilines is 1. The van der Waals surface area contributed by atoms with Gasteiger partial charge in [-0.15, -0.1) is 0 Å². The van der Waals surface area contributed by atoms with Crippen molar-refractivity contribution < 1.29 is 4.79 Å². The first-order valence-corrected chi connectivity index (χ1v) is 9.84. The van der Waals surface area contributed by atoms with Crippen LogP contribution >= 0.6 is 23.2 Å². The minimum absolute atomic E-state index is 0.123. The SMILES string of the molecule is CN1Cc2c(Cl)cc(Cl)cc2C(c2ccccc2NC(=O)C2CCC2)C1. The number of para-hydroxylation sites is 1. The molecule has 1 N–H and O–H groups in total. The summed E-state index contributed by atoms with van der Waals surface area (Å²) >= 11 is 12.8. The smallest absolute Gasteiger partial charge is 0.227 e. The molecule has 1 saturated carbocycles. The standard InChI is InChI=1S/C21H22Cl2N2O/c1-25-11-17(16-9-14(22)10-19(23)18(16)12-25)15-7-2-3-8-20(15)24-21(26)13-5-4-6-13/h2-3,7-10,13,17H,4-6,11-12H2,1H3,(H,24,26). The van der Waals surface area contributed by atoms with E-state index in [1.807, 2.05) is 30.3 Å². The van der Waals surface area contributed by atoms with E-state index in [-0.39, 0.29) is 17.7 Å². The molecule has 5 heteroatoms. The molecule has 1 atom stereocenters. The Hall–Kier alpha value is -1.55. The van der Waals surface area contributed by atoms with Gasteiger partial charge in [0.2, 0.25) is 5.91 Å². The van der Waals surface area contributed by atoms with Gasteiger partial charge in [0.05, 0.1) is 0 Å². The van der Waals surface area contributed by atoms with E-state index in [9.17, 15) is 4.79 Å². The van der Waals surface area contributed by atoms with Gasteiger partial charge in [-0.05, 0) is 54.8 Å². The zero-order valence-corrected chi connectivity index (χ0v) is 16.3. The lowest BCUT2D eigenvalue weighted by molar-refractivity contribution is -0.122. The highest BCUT2D eigenvalue weighted by Gasteiger charge is 2.30. The fraction of sp³-hybridized carbons (Fsp3) is 0.381. The Bertz CT molecular complexity index is 848. The Kier molecular flexibility index (Phi) is 4.96. The zero-order chi connectivity index (χ0) is 18.3. The third kappa shape index (κ3) is 3.36. The number of hydrogen-bond donors (Lipinski definition) is 1. The highest BCUT2D eigenvalue weighted by Crippen LogP contribution is 2.40. The number of carbonyl (C=O) groups is 1. The summed E-state index contributed by atoms with van der Waals surface area (Å²) in [6.07, 6.45) is 3.14. The van der Waals surface area contributed by atoms with E-state index < -0.39 is 0 Å². The van der Waals surface area contributed by atoms with Crippen LogP contribution < -0.4 is 5.32 Å². The van der Waals surface area contributed by atoms with Gasteiger partial charge in [-0.25, -0.2) is 0 Å². The molecule has 0 bridgehead atoms. The van der Waals surface area contributed by atoms with E-state index >= 15 is 0 Å². The van der Waals surface area contributed by atoms with Gasteiger partial charge in [-0.2, -0.15) is 0 Å². The van der Waals surface area contributed by atoms with Gasteiger partial charge in [0.25, 0.3) is 0 Å². The van der Waals surface area contributed by atoms with Crippen LogP contribution in [-0.2, 0) is 11.3 Å². The maximum absolute atomic E-state index is 12.5. The second kappa shape index (κ2) is 7.22. The molecule has 3 nitrogen and oxygen atoms in total. The highest BCUT2D eigenvalue weighted by molar-refractivity contribution is 6.35. The molecule has 136 valence electrons. The average molecular weight is 389 g/mol. The summed E-state index contributed by atoms with van der Waals surface area (Å²) in [6.45, 7) is 1.67. The van der Waals surface area contributed by atoms with E-state index in [1.165, 1.54) is 0 Å². The third-order valence-corrected chi connectivity index (χ3v) is 6.12. The van der Waals surface area contributed by atoms with Gasteiger partial charge in [0.15, 0.2) is 0 Å². The zero-order valence-electron chi connectivity index (χ0n) is 14.8. The van der Waals surface area contributed by atoms with Crippen molar-refractivity contribution >= 4 is 34.8 Å². The van der Waals surface area contributed by atoms with Crippen LogP contribution in [0.5, 0.6) is 0 Å². The number of amides is 1. The molecule has 0 spiro atoms. The van der Waals surface area contributed by atoms with Crippen LogP contribution in [0.1, 0.15) is 41.9 Å². The lowest BCUT2D eigenvalue weighted by Crippen LogP contribution is -2.32. The summed E-state index contributed by atoms with van der Waals surface area (Å²) in [4.78, 5) is 14.7. The Balaban J connectivity index is 1.73. The molecule has 4 rings (SSSR count). The summed E-state index contributed by atoms with van der Waals surface area (Å²) in [5.41, 5.74) is 4.29. The van der Waals surface area contributed by atoms with E-state index in [0.717, 1.165) is 54.7 Å². The number of benzene rings is 2. The fourth-order valence-corrected chi connectivity index (χ4v) is 4.50. The van der Waals surface area contributed by atoms with Crippen LogP contribution in [0.2, 0.25) is 10.0 Å². The fourth-order valence-electron chi connectivity index (χ4n) is 3.93. The number of nitrogens with one attached hydrogen (secondary N) is 1. The lowest BCUT2D eigenvalue weighted by Gasteiger charge is -2.34. The van der Waals surface area contributed by atoms with E-state index in [2.05, 4.69) is 23.3 Å². The minimum atomic E-state index is 0.123.